The maximum atomic E-state index is 12.4. The van der Waals surface area contributed by atoms with Crippen LogP contribution < -0.4 is 15.4 Å². The zero-order chi connectivity index (χ0) is 24.3. The summed E-state index contributed by atoms with van der Waals surface area (Å²) in [5, 5.41) is 5.74. The monoisotopic (exact) mass is 460 g/mol. The molecule has 0 unspecified atom stereocenters. The summed E-state index contributed by atoms with van der Waals surface area (Å²) >= 11 is 0. The number of nitrogens with one attached hydrogen (secondary N) is 2. The summed E-state index contributed by atoms with van der Waals surface area (Å²) < 4.78 is 9.69. The third-order valence-corrected chi connectivity index (χ3v) is 5.03. The number of anilines is 1. The number of amides is 2. The van der Waals surface area contributed by atoms with E-state index in [4.69, 9.17) is 9.47 Å². The van der Waals surface area contributed by atoms with Gasteiger partial charge in [0, 0.05) is 24.2 Å². The van der Waals surface area contributed by atoms with Crippen molar-refractivity contribution in [3.63, 3.8) is 0 Å². The Labute approximate surface area is 199 Å². The number of carbonyl (C=O) groups is 3. The normalized spacial score (nSPS) is 10.3. The van der Waals surface area contributed by atoms with Gasteiger partial charge >= 0.3 is 6.16 Å². The minimum atomic E-state index is -0.786. The zero-order valence-electron chi connectivity index (χ0n) is 19.3. The molecule has 0 aromatic heterocycles. The standard InChI is InChI=1S/C27H28N2O5/c1-3-33-27(32)34-24-15-11-22(12-16-24)26(31)28-18-21-8-13-23(14-9-21)29-25(30)17-10-20-6-4-19(2)5-7-20/h4-9,11-16H,3,10,17-18H2,1-2H3,(H,28,31)(H,29,30). The number of hydrogen-bond donors (Lipinski definition) is 2. The van der Waals surface area contributed by atoms with Crippen LogP contribution in [0.15, 0.2) is 72.8 Å². The van der Waals surface area contributed by atoms with E-state index in [2.05, 4.69) is 10.6 Å². The smallest absolute Gasteiger partial charge is 0.434 e. The van der Waals surface area contributed by atoms with Gasteiger partial charge in [-0.1, -0.05) is 42.0 Å². The number of benzene rings is 3. The zero-order valence-corrected chi connectivity index (χ0v) is 19.3. The second-order valence-electron chi connectivity index (χ2n) is 7.72. The second kappa shape index (κ2) is 12.2. The lowest BCUT2D eigenvalue weighted by Crippen LogP contribution is -2.22. The van der Waals surface area contributed by atoms with E-state index in [-0.39, 0.29) is 18.4 Å². The van der Waals surface area contributed by atoms with E-state index in [1.165, 1.54) is 17.7 Å². The molecule has 0 fully saturated rings. The van der Waals surface area contributed by atoms with E-state index in [0.29, 0.717) is 36.4 Å². The van der Waals surface area contributed by atoms with Gasteiger partial charge in [-0.3, -0.25) is 9.59 Å². The quantitative estimate of drug-likeness (QED) is 0.345. The first-order valence-electron chi connectivity index (χ1n) is 11.1. The lowest BCUT2D eigenvalue weighted by atomic mass is 10.1. The number of hydrogen-bond acceptors (Lipinski definition) is 5. The molecule has 3 aromatic carbocycles. The fourth-order valence-corrected chi connectivity index (χ4v) is 3.14. The Morgan fingerprint density at radius 2 is 1.47 bits per heavy atom. The Bertz CT molecular complexity index is 1110. The molecule has 0 spiro atoms. The van der Waals surface area contributed by atoms with Crippen molar-refractivity contribution in [2.75, 3.05) is 11.9 Å². The van der Waals surface area contributed by atoms with E-state index in [1.54, 1.807) is 19.1 Å². The molecule has 0 aliphatic heterocycles. The molecule has 2 N–H and O–H groups in total. The largest absolute Gasteiger partial charge is 0.513 e. The molecule has 2 amide bonds. The van der Waals surface area contributed by atoms with Crippen molar-refractivity contribution in [3.8, 4) is 5.75 Å². The highest BCUT2D eigenvalue weighted by molar-refractivity contribution is 5.94. The van der Waals surface area contributed by atoms with E-state index in [1.807, 2.05) is 55.5 Å². The maximum absolute atomic E-state index is 12.4. The Balaban J connectivity index is 1.43. The van der Waals surface area contributed by atoms with Crippen molar-refractivity contribution in [2.24, 2.45) is 0 Å². The minimum absolute atomic E-state index is 0.0444. The fourth-order valence-electron chi connectivity index (χ4n) is 3.14. The van der Waals surface area contributed by atoms with Gasteiger partial charge in [-0.2, -0.15) is 0 Å². The summed E-state index contributed by atoms with van der Waals surface area (Å²) in [6.45, 7) is 4.28. The Hall–Kier alpha value is -4.13. The SMILES string of the molecule is CCOC(=O)Oc1ccc(C(=O)NCc2ccc(NC(=O)CCc3ccc(C)cc3)cc2)cc1. The summed E-state index contributed by atoms with van der Waals surface area (Å²) in [4.78, 5) is 35.9. The van der Waals surface area contributed by atoms with Gasteiger partial charge in [0.15, 0.2) is 0 Å². The molecule has 3 rings (SSSR count). The summed E-state index contributed by atoms with van der Waals surface area (Å²) in [5.74, 6) is -0.000294. The van der Waals surface area contributed by atoms with Gasteiger partial charge in [-0.15, -0.1) is 0 Å². The summed E-state index contributed by atoms with van der Waals surface area (Å²) in [7, 11) is 0. The molecular formula is C27H28N2O5. The molecule has 7 nitrogen and oxygen atoms in total. The van der Waals surface area contributed by atoms with Crippen molar-refractivity contribution in [3.05, 3.63) is 95.1 Å². The van der Waals surface area contributed by atoms with Crippen molar-refractivity contribution in [1.29, 1.82) is 0 Å². The average Bonchev–Trinajstić information content (AvgIpc) is 2.83. The van der Waals surface area contributed by atoms with Gasteiger partial charge in [-0.25, -0.2) is 4.79 Å². The van der Waals surface area contributed by atoms with Gasteiger partial charge in [0.25, 0.3) is 5.91 Å². The van der Waals surface area contributed by atoms with Crippen LogP contribution in [0.5, 0.6) is 5.75 Å². The fraction of sp³-hybridized carbons (Fsp3) is 0.222. The number of carbonyl (C=O) groups excluding carboxylic acids is 3. The van der Waals surface area contributed by atoms with Crippen LogP contribution in [-0.4, -0.2) is 24.6 Å². The van der Waals surface area contributed by atoms with Crippen LogP contribution in [0.25, 0.3) is 0 Å². The van der Waals surface area contributed by atoms with Crippen LogP contribution in [0.4, 0.5) is 10.5 Å². The van der Waals surface area contributed by atoms with E-state index >= 15 is 0 Å². The molecule has 3 aromatic rings. The Morgan fingerprint density at radius 1 is 0.824 bits per heavy atom. The van der Waals surface area contributed by atoms with Crippen LogP contribution in [0.1, 0.15) is 40.4 Å². The predicted octanol–water partition coefficient (Wildman–Crippen LogP) is 5.03. The lowest BCUT2D eigenvalue weighted by molar-refractivity contribution is -0.116. The van der Waals surface area contributed by atoms with E-state index in [9.17, 15) is 14.4 Å². The lowest BCUT2D eigenvalue weighted by Gasteiger charge is -2.09. The van der Waals surface area contributed by atoms with Crippen molar-refractivity contribution in [1.82, 2.24) is 5.32 Å². The summed E-state index contributed by atoms with van der Waals surface area (Å²) in [5.41, 5.74) is 4.37. The van der Waals surface area contributed by atoms with Gasteiger partial charge < -0.3 is 20.1 Å². The van der Waals surface area contributed by atoms with Gasteiger partial charge in [-0.05, 0) is 67.8 Å². The first-order chi connectivity index (χ1) is 16.4. The predicted molar refractivity (Wildman–Crippen MR) is 130 cm³/mol. The molecule has 0 bridgehead atoms. The van der Waals surface area contributed by atoms with Crippen LogP contribution in [-0.2, 0) is 22.5 Å². The molecule has 0 aliphatic carbocycles. The molecule has 0 radical (unpaired) electrons. The molecule has 176 valence electrons. The van der Waals surface area contributed by atoms with Crippen LogP contribution in [0, 0.1) is 6.92 Å². The van der Waals surface area contributed by atoms with Crippen molar-refractivity contribution < 1.29 is 23.9 Å². The molecular weight excluding hydrogens is 432 g/mol. The van der Waals surface area contributed by atoms with Gasteiger partial charge in [0.2, 0.25) is 5.91 Å². The average molecular weight is 461 g/mol. The van der Waals surface area contributed by atoms with E-state index in [0.717, 1.165) is 11.1 Å². The topological polar surface area (TPSA) is 93.7 Å². The Morgan fingerprint density at radius 3 is 2.12 bits per heavy atom. The van der Waals surface area contributed by atoms with Crippen molar-refractivity contribution in [2.45, 2.75) is 33.2 Å². The van der Waals surface area contributed by atoms with Gasteiger partial charge in [0.1, 0.15) is 5.75 Å². The molecule has 0 saturated heterocycles. The molecule has 0 aliphatic rings. The first kappa shape index (κ1) is 24.5. The Kier molecular flexibility index (Phi) is 8.80. The number of ether oxygens (including phenoxy) is 2. The highest BCUT2D eigenvalue weighted by Gasteiger charge is 2.09. The molecule has 0 saturated carbocycles. The molecule has 0 atom stereocenters. The third-order valence-electron chi connectivity index (χ3n) is 5.03. The summed E-state index contributed by atoms with van der Waals surface area (Å²) in [6, 6.07) is 21.7. The summed E-state index contributed by atoms with van der Waals surface area (Å²) in [6.07, 6.45) is 0.307. The molecule has 0 heterocycles. The highest BCUT2D eigenvalue weighted by atomic mass is 16.7. The van der Waals surface area contributed by atoms with Gasteiger partial charge in [0.05, 0.1) is 6.61 Å². The van der Waals surface area contributed by atoms with E-state index < -0.39 is 6.16 Å². The van der Waals surface area contributed by atoms with Crippen LogP contribution in [0.3, 0.4) is 0 Å². The second-order valence-corrected chi connectivity index (χ2v) is 7.72. The third kappa shape index (κ3) is 7.78. The maximum Gasteiger partial charge on any atom is 0.513 e. The highest BCUT2D eigenvalue weighted by Crippen LogP contribution is 2.14. The van der Waals surface area contributed by atoms with Crippen LogP contribution >= 0.6 is 0 Å². The minimum Gasteiger partial charge on any atom is -0.434 e. The molecule has 7 heteroatoms. The number of aryl methyl sites for hydroxylation is 2. The number of rotatable bonds is 9. The van der Waals surface area contributed by atoms with Crippen LogP contribution in [0.2, 0.25) is 0 Å². The first-order valence-corrected chi connectivity index (χ1v) is 11.1. The molecule has 34 heavy (non-hydrogen) atoms. The van der Waals surface area contributed by atoms with Crippen molar-refractivity contribution >= 4 is 23.7 Å².